The number of carboxylic acids is 1. The van der Waals surface area contributed by atoms with E-state index in [1.807, 2.05) is 13.0 Å². The van der Waals surface area contributed by atoms with E-state index in [9.17, 15) is 14.3 Å². The van der Waals surface area contributed by atoms with Crippen LogP contribution in [-0.2, 0) is 4.79 Å². The highest BCUT2D eigenvalue weighted by Gasteiger charge is 2.51. The summed E-state index contributed by atoms with van der Waals surface area (Å²) >= 11 is 0. The molecule has 0 aromatic heterocycles. The molecule has 2 bridgehead atoms. The zero-order chi connectivity index (χ0) is 13.6. The Bertz CT molecular complexity index is 505. The molecule has 4 unspecified atom stereocenters. The van der Waals surface area contributed by atoms with Crippen LogP contribution in [0.5, 0.6) is 0 Å². The second-order valence-corrected chi connectivity index (χ2v) is 5.62. The van der Waals surface area contributed by atoms with Crippen LogP contribution in [-0.4, -0.2) is 28.1 Å². The molecule has 0 amide bonds. The number of hydrogen-bond acceptors (Lipinski definition) is 2. The molecule has 1 N–H and O–H groups in total. The monoisotopic (exact) mass is 263 g/mol. The van der Waals surface area contributed by atoms with Gasteiger partial charge in [-0.25, -0.2) is 4.39 Å². The average molecular weight is 263 g/mol. The standard InChI is InChI=1S/C15H18FNO2/c1-9(11-4-2-3-5-13(11)16)17-10-6-7-14(17)12(8-10)15(18)19/h2-5,9-10,12,14H,6-8H2,1H3,(H,18,19). The van der Waals surface area contributed by atoms with Crippen LogP contribution >= 0.6 is 0 Å². The summed E-state index contributed by atoms with van der Waals surface area (Å²) in [4.78, 5) is 13.5. The van der Waals surface area contributed by atoms with Crippen LogP contribution in [0.1, 0.15) is 37.8 Å². The molecular weight excluding hydrogens is 245 g/mol. The summed E-state index contributed by atoms with van der Waals surface area (Å²) in [5, 5.41) is 9.26. The van der Waals surface area contributed by atoms with Crippen molar-refractivity contribution in [3.8, 4) is 0 Å². The van der Waals surface area contributed by atoms with Crippen LogP contribution < -0.4 is 0 Å². The van der Waals surface area contributed by atoms with Crippen LogP contribution in [0.3, 0.4) is 0 Å². The molecule has 3 rings (SSSR count). The third kappa shape index (κ3) is 1.94. The smallest absolute Gasteiger partial charge is 0.308 e. The molecule has 19 heavy (non-hydrogen) atoms. The summed E-state index contributed by atoms with van der Waals surface area (Å²) < 4.78 is 13.9. The lowest BCUT2D eigenvalue weighted by molar-refractivity contribution is -0.142. The van der Waals surface area contributed by atoms with Gasteiger partial charge in [0.2, 0.25) is 0 Å². The van der Waals surface area contributed by atoms with E-state index >= 15 is 0 Å². The van der Waals surface area contributed by atoms with Crippen molar-refractivity contribution < 1.29 is 14.3 Å². The van der Waals surface area contributed by atoms with Gasteiger partial charge in [0, 0.05) is 23.7 Å². The lowest BCUT2D eigenvalue weighted by atomic mass is 9.89. The van der Waals surface area contributed by atoms with Crippen LogP contribution in [0, 0.1) is 11.7 Å². The maximum absolute atomic E-state index is 13.9. The summed E-state index contributed by atoms with van der Waals surface area (Å²) in [6, 6.07) is 7.10. The highest BCUT2D eigenvalue weighted by Crippen LogP contribution is 2.46. The van der Waals surface area contributed by atoms with Gasteiger partial charge in [-0.2, -0.15) is 0 Å². The second kappa shape index (κ2) is 4.60. The lowest BCUT2D eigenvalue weighted by Crippen LogP contribution is -2.35. The molecule has 4 atom stereocenters. The Kier molecular flexibility index (Phi) is 3.05. The predicted octanol–water partition coefficient (Wildman–Crippen LogP) is 2.82. The first-order valence-electron chi connectivity index (χ1n) is 6.84. The molecule has 4 heteroatoms. The van der Waals surface area contributed by atoms with E-state index in [2.05, 4.69) is 4.90 Å². The van der Waals surface area contributed by atoms with E-state index < -0.39 is 5.97 Å². The first-order valence-corrected chi connectivity index (χ1v) is 6.84. The van der Waals surface area contributed by atoms with E-state index in [-0.39, 0.29) is 23.8 Å². The largest absolute Gasteiger partial charge is 0.481 e. The number of hydrogen-bond donors (Lipinski definition) is 1. The van der Waals surface area contributed by atoms with Crippen molar-refractivity contribution in [2.24, 2.45) is 5.92 Å². The van der Waals surface area contributed by atoms with E-state index in [0.717, 1.165) is 12.8 Å². The van der Waals surface area contributed by atoms with Gasteiger partial charge in [-0.15, -0.1) is 0 Å². The van der Waals surface area contributed by atoms with E-state index in [0.29, 0.717) is 18.0 Å². The first kappa shape index (κ1) is 12.6. The van der Waals surface area contributed by atoms with Crippen LogP contribution in [0.4, 0.5) is 4.39 Å². The summed E-state index contributed by atoms with van der Waals surface area (Å²) in [7, 11) is 0. The van der Waals surface area contributed by atoms with Crippen molar-refractivity contribution in [3.05, 3.63) is 35.6 Å². The fraction of sp³-hybridized carbons (Fsp3) is 0.533. The zero-order valence-electron chi connectivity index (χ0n) is 10.9. The maximum Gasteiger partial charge on any atom is 0.308 e. The number of aliphatic carboxylic acids is 1. The summed E-state index contributed by atoms with van der Waals surface area (Å²) in [6.07, 6.45) is 2.66. The highest BCUT2D eigenvalue weighted by molar-refractivity contribution is 5.71. The highest BCUT2D eigenvalue weighted by atomic mass is 19.1. The van der Waals surface area contributed by atoms with Crippen molar-refractivity contribution in [1.82, 2.24) is 4.90 Å². The first-order chi connectivity index (χ1) is 9.09. The van der Waals surface area contributed by atoms with E-state index in [1.165, 1.54) is 6.07 Å². The normalized spacial score (nSPS) is 31.6. The molecule has 2 saturated heterocycles. The lowest BCUT2D eigenvalue weighted by Gasteiger charge is -2.30. The fourth-order valence-corrected chi connectivity index (χ4v) is 3.87. The quantitative estimate of drug-likeness (QED) is 0.911. The Hall–Kier alpha value is -1.42. The fourth-order valence-electron chi connectivity index (χ4n) is 3.87. The molecule has 0 aliphatic carbocycles. The van der Waals surface area contributed by atoms with Gasteiger partial charge in [-0.05, 0) is 32.3 Å². The van der Waals surface area contributed by atoms with Crippen LogP contribution in [0.15, 0.2) is 24.3 Å². The number of rotatable bonds is 3. The number of carboxylic acid groups (broad SMARTS) is 1. The van der Waals surface area contributed by atoms with Crippen molar-refractivity contribution in [3.63, 3.8) is 0 Å². The van der Waals surface area contributed by atoms with Crippen LogP contribution in [0.25, 0.3) is 0 Å². The van der Waals surface area contributed by atoms with E-state index in [4.69, 9.17) is 0 Å². The minimum atomic E-state index is -0.710. The SMILES string of the molecule is CC(c1ccccc1F)N1C2CCC1C(C(=O)O)C2. The molecular formula is C15H18FNO2. The van der Waals surface area contributed by atoms with Crippen molar-refractivity contribution >= 4 is 5.97 Å². The molecule has 2 fully saturated rings. The molecule has 2 aliphatic heterocycles. The average Bonchev–Trinajstić information content (AvgIpc) is 2.96. The number of halogens is 1. The topological polar surface area (TPSA) is 40.5 Å². The van der Waals surface area contributed by atoms with Crippen LogP contribution in [0.2, 0.25) is 0 Å². The van der Waals surface area contributed by atoms with Crippen molar-refractivity contribution in [2.45, 2.75) is 44.3 Å². The number of nitrogens with zero attached hydrogens (tertiary/aromatic N) is 1. The van der Waals surface area contributed by atoms with Gasteiger partial charge in [-0.1, -0.05) is 18.2 Å². The number of fused-ring (bicyclic) bond motifs is 2. The Morgan fingerprint density at radius 3 is 2.79 bits per heavy atom. The molecule has 0 radical (unpaired) electrons. The molecule has 1 aromatic carbocycles. The summed E-state index contributed by atoms with van der Waals surface area (Å²) in [5.74, 6) is -1.20. The molecule has 2 aliphatic rings. The van der Waals surface area contributed by atoms with Gasteiger partial charge in [0.05, 0.1) is 5.92 Å². The molecule has 0 spiro atoms. The van der Waals surface area contributed by atoms with Gasteiger partial charge < -0.3 is 5.11 Å². The van der Waals surface area contributed by atoms with E-state index in [1.54, 1.807) is 12.1 Å². The number of benzene rings is 1. The zero-order valence-corrected chi connectivity index (χ0v) is 10.9. The Balaban J connectivity index is 1.87. The molecule has 1 aromatic rings. The second-order valence-electron chi connectivity index (χ2n) is 5.62. The molecule has 102 valence electrons. The van der Waals surface area contributed by atoms with Gasteiger partial charge in [0.15, 0.2) is 0 Å². The summed E-state index contributed by atoms with van der Waals surface area (Å²) in [5.41, 5.74) is 0.672. The summed E-state index contributed by atoms with van der Waals surface area (Å²) in [6.45, 7) is 1.98. The third-order valence-electron chi connectivity index (χ3n) is 4.71. The Morgan fingerprint density at radius 1 is 1.42 bits per heavy atom. The Labute approximate surface area is 112 Å². The van der Waals surface area contributed by atoms with Gasteiger partial charge >= 0.3 is 5.97 Å². The van der Waals surface area contributed by atoms with Crippen molar-refractivity contribution in [2.75, 3.05) is 0 Å². The predicted molar refractivity (Wildman–Crippen MR) is 69.2 cm³/mol. The minimum absolute atomic E-state index is 0.0527. The van der Waals surface area contributed by atoms with Gasteiger partial charge in [0.1, 0.15) is 5.82 Å². The minimum Gasteiger partial charge on any atom is -0.481 e. The number of carbonyl (C=O) groups is 1. The van der Waals surface area contributed by atoms with Gasteiger partial charge in [-0.3, -0.25) is 9.69 Å². The molecule has 2 heterocycles. The molecule has 3 nitrogen and oxygen atoms in total. The Morgan fingerprint density at radius 2 is 2.16 bits per heavy atom. The maximum atomic E-state index is 13.9. The third-order valence-corrected chi connectivity index (χ3v) is 4.71. The van der Waals surface area contributed by atoms with Crippen molar-refractivity contribution in [1.29, 1.82) is 0 Å². The molecule has 0 saturated carbocycles. The van der Waals surface area contributed by atoms with Gasteiger partial charge in [0.25, 0.3) is 0 Å².